The molecule has 1 unspecified atom stereocenters. The molecule has 0 heteroatoms. The van der Waals surface area contributed by atoms with Crippen LogP contribution in [0.4, 0.5) is 0 Å². The van der Waals surface area contributed by atoms with E-state index in [2.05, 4.69) is 48.1 Å². The zero-order valence-corrected chi connectivity index (χ0v) is 10.3. The predicted octanol–water partition coefficient (Wildman–Crippen LogP) is 4.66. The van der Waals surface area contributed by atoms with Crippen LogP contribution in [0.2, 0.25) is 0 Å². The molecule has 0 aliphatic carbocycles. The Bertz CT molecular complexity index is 157. The normalized spacial score (nSPS) is 14.7. The molecule has 0 nitrogen and oxygen atoms in total. The Balaban J connectivity index is 4.36. The summed E-state index contributed by atoms with van der Waals surface area (Å²) in [5.74, 6) is 1.52. The summed E-state index contributed by atoms with van der Waals surface area (Å²) < 4.78 is 0. The maximum atomic E-state index is 4.11. The highest BCUT2D eigenvalue weighted by Crippen LogP contribution is 2.36. The van der Waals surface area contributed by atoms with Crippen molar-refractivity contribution in [2.45, 2.75) is 54.4 Å². The van der Waals surface area contributed by atoms with Gasteiger partial charge < -0.3 is 0 Å². The van der Waals surface area contributed by atoms with Crippen molar-refractivity contribution < 1.29 is 0 Å². The van der Waals surface area contributed by atoms with Crippen molar-refractivity contribution in [2.75, 3.05) is 0 Å². The average molecular weight is 182 g/mol. The molecule has 0 aromatic rings. The van der Waals surface area contributed by atoms with Crippen LogP contribution in [0.1, 0.15) is 54.4 Å². The van der Waals surface area contributed by atoms with E-state index in [1.165, 1.54) is 12.0 Å². The molecular weight excluding hydrogens is 156 g/mol. The Kier molecular flexibility index (Phi) is 4.74. The molecule has 0 fully saturated rings. The first-order chi connectivity index (χ1) is 5.79. The lowest BCUT2D eigenvalue weighted by molar-refractivity contribution is 0.176. The Morgan fingerprint density at radius 2 is 1.69 bits per heavy atom. The maximum absolute atomic E-state index is 4.11. The minimum Gasteiger partial charge on any atom is -0.0999 e. The maximum Gasteiger partial charge on any atom is -0.0287 e. The van der Waals surface area contributed by atoms with E-state index in [1.807, 2.05) is 0 Å². The Labute approximate surface area is 84.4 Å². The largest absolute Gasteiger partial charge is 0.0999 e. The van der Waals surface area contributed by atoms with E-state index in [9.17, 15) is 0 Å². The molecule has 0 rings (SSSR count). The zero-order valence-electron chi connectivity index (χ0n) is 10.3. The Hall–Kier alpha value is -0.260. The second kappa shape index (κ2) is 4.83. The molecule has 1 atom stereocenters. The number of allylic oxidation sites excluding steroid dienone is 1. The third kappa shape index (κ3) is 4.50. The van der Waals surface area contributed by atoms with Gasteiger partial charge in [0, 0.05) is 0 Å². The van der Waals surface area contributed by atoms with Gasteiger partial charge >= 0.3 is 0 Å². The fourth-order valence-electron chi connectivity index (χ4n) is 2.00. The molecule has 0 bridgehead atoms. The zero-order chi connectivity index (χ0) is 10.6. The Morgan fingerprint density at radius 3 is 1.92 bits per heavy atom. The smallest absolute Gasteiger partial charge is 0.0287 e. The third-order valence-electron chi connectivity index (χ3n) is 2.93. The fraction of sp³-hybridized carbons (Fsp3) is 0.846. The molecule has 0 aromatic carbocycles. The highest BCUT2D eigenvalue weighted by molar-refractivity contribution is 4.97. The lowest BCUT2D eigenvalue weighted by Crippen LogP contribution is -2.25. The minimum atomic E-state index is 0.409. The van der Waals surface area contributed by atoms with Gasteiger partial charge in [0.25, 0.3) is 0 Å². The van der Waals surface area contributed by atoms with Gasteiger partial charge in [-0.2, -0.15) is 0 Å². The highest BCUT2D eigenvalue weighted by Gasteiger charge is 2.27. The minimum absolute atomic E-state index is 0.409. The van der Waals surface area contributed by atoms with Crippen LogP contribution in [0, 0.1) is 17.3 Å². The standard InChI is InChI=1S/C13H26/c1-8-11(4)9-12(10(2)3)13(5,6)7/h10,12H,4,8-9H2,1-3,5-7H3. The summed E-state index contributed by atoms with van der Waals surface area (Å²) in [5, 5.41) is 0. The first-order valence-electron chi connectivity index (χ1n) is 5.45. The molecular formula is C13H26. The molecule has 13 heavy (non-hydrogen) atoms. The van der Waals surface area contributed by atoms with E-state index >= 15 is 0 Å². The SMILES string of the molecule is C=C(CC)CC(C(C)C)C(C)(C)C. The molecule has 0 heterocycles. The second-order valence-corrected chi connectivity index (χ2v) is 5.52. The van der Waals surface area contributed by atoms with Crippen LogP contribution >= 0.6 is 0 Å². The molecule has 0 saturated carbocycles. The van der Waals surface area contributed by atoms with Gasteiger partial charge in [0.15, 0.2) is 0 Å². The summed E-state index contributed by atoms with van der Waals surface area (Å²) in [6.07, 6.45) is 2.32. The summed E-state index contributed by atoms with van der Waals surface area (Å²) in [7, 11) is 0. The van der Waals surface area contributed by atoms with Gasteiger partial charge in [0.05, 0.1) is 0 Å². The van der Waals surface area contributed by atoms with Crippen molar-refractivity contribution in [1.82, 2.24) is 0 Å². The number of hydrogen-bond donors (Lipinski definition) is 0. The van der Waals surface area contributed by atoms with Gasteiger partial charge in [-0.25, -0.2) is 0 Å². The Morgan fingerprint density at radius 1 is 1.23 bits per heavy atom. The van der Waals surface area contributed by atoms with Crippen molar-refractivity contribution in [1.29, 1.82) is 0 Å². The van der Waals surface area contributed by atoms with Gasteiger partial charge in [-0.05, 0) is 30.1 Å². The quantitative estimate of drug-likeness (QED) is 0.555. The predicted molar refractivity (Wildman–Crippen MR) is 61.8 cm³/mol. The lowest BCUT2D eigenvalue weighted by Gasteiger charge is -2.34. The van der Waals surface area contributed by atoms with Crippen LogP contribution in [-0.2, 0) is 0 Å². The average Bonchev–Trinajstić information content (AvgIpc) is 1.96. The van der Waals surface area contributed by atoms with Crippen LogP contribution in [0.15, 0.2) is 12.2 Å². The molecule has 0 amide bonds. The van der Waals surface area contributed by atoms with E-state index in [0.29, 0.717) is 5.41 Å². The van der Waals surface area contributed by atoms with Gasteiger partial charge in [-0.3, -0.25) is 0 Å². The van der Waals surface area contributed by atoms with Crippen LogP contribution < -0.4 is 0 Å². The first-order valence-corrected chi connectivity index (χ1v) is 5.45. The van der Waals surface area contributed by atoms with E-state index in [1.54, 1.807) is 0 Å². The lowest BCUT2D eigenvalue weighted by atomic mass is 9.71. The molecule has 0 N–H and O–H groups in total. The van der Waals surface area contributed by atoms with Gasteiger partial charge in [-0.15, -0.1) is 0 Å². The van der Waals surface area contributed by atoms with Crippen LogP contribution in [0.3, 0.4) is 0 Å². The van der Waals surface area contributed by atoms with Crippen molar-refractivity contribution in [3.63, 3.8) is 0 Å². The highest BCUT2D eigenvalue weighted by atomic mass is 14.3. The monoisotopic (exact) mass is 182 g/mol. The summed E-state index contributed by atoms with van der Waals surface area (Å²) in [6.45, 7) is 17.9. The second-order valence-electron chi connectivity index (χ2n) is 5.52. The summed E-state index contributed by atoms with van der Waals surface area (Å²) >= 11 is 0. The van der Waals surface area contributed by atoms with Crippen LogP contribution in [0.5, 0.6) is 0 Å². The van der Waals surface area contributed by atoms with Gasteiger partial charge in [0.1, 0.15) is 0 Å². The van der Waals surface area contributed by atoms with Crippen LogP contribution in [0.25, 0.3) is 0 Å². The van der Waals surface area contributed by atoms with E-state index in [0.717, 1.165) is 18.3 Å². The molecule has 0 aromatic heterocycles. The molecule has 0 radical (unpaired) electrons. The third-order valence-corrected chi connectivity index (χ3v) is 2.93. The molecule has 0 saturated heterocycles. The van der Waals surface area contributed by atoms with Crippen molar-refractivity contribution in [3.05, 3.63) is 12.2 Å². The summed E-state index contributed by atoms with van der Waals surface area (Å²) in [5.41, 5.74) is 1.81. The topological polar surface area (TPSA) is 0 Å². The van der Waals surface area contributed by atoms with Crippen molar-refractivity contribution >= 4 is 0 Å². The molecule has 0 aliphatic rings. The van der Waals surface area contributed by atoms with Crippen LogP contribution in [-0.4, -0.2) is 0 Å². The number of hydrogen-bond acceptors (Lipinski definition) is 0. The van der Waals surface area contributed by atoms with Crippen molar-refractivity contribution in [2.24, 2.45) is 17.3 Å². The van der Waals surface area contributed by atoms with E-state index in [-0.39, 0.29) is 0 Å². The van der Waals surface area contributed by atoms with E-state index < -0.39 is 0 Å². The molecule has 78 valence electrons. The number of rotatable bonds is 4. The van der Waals surface area contributed by atoms with Gasteiger partial charge in [-0.1, -0.05) is 53.7 Å². The summed E-state index contributed by atoms with van der Waals surface area (Å²) in [6, 6.07) is 0. The van der Waals surface area contributed by atoms with Crippen molar-refractivity contribution in [3.8, 4) is 0 Å². The summed E-state index contributed by atoms with van der Waals surface area (Å²) in [4.78, 5) is 0. The van der Waals surface area contributed by atoms with E-state index in [4.69, 9.17) is 0 Å². The van der Waals surface area contributed by atoms with Gasteiger partial charge in [0.2, 0.25) is 0 Å². The fourth-order valence-corrected chi connectivity index (χ4v) is 2.00. The molecule has 0 aliphatic heterocycles. The molecule has 0 spiro atoms. The first kappa shape index (κ1) is 12.7.